The van der Waals surface area contributed by atoms with Gasteiger partial charge in [0.25, 0.3) is 5.91 Å². The summed E-state index contributed by atoms with van der Waals surface area (Å²) < 4.78 is 16.1. The Morgan fingerprint density at radius 3 is 2.68 bits per heavy atom. The van der Waals surface area contributed by atoms with Gasteiger partial charge in [0, 0.05) is 14.0 Å². The number of aromatic nitrogens is 2. The zero-order valence-corrected chi connectivity index (χ0v) is 14.4. The largest absolute Gasteiger partial charge is 0.485 e. The van der Waals surface area contributed by atoms with Gasteiger partial charge >= 0.3 is 0 Å². The van der Waals surface area contributed by atoms with Gasteiger partial charge in [-0.1, -0.05) is 17.3 Å². The van der Waals surface area contributed by atoms with Gasteiger partial charge in [0.05, 0.1) is 12.1 Å². The molecule has 0 saturated carbocycles. The van der Waals surface area contributed by atoms with Crippen LogP contribution in [-0.2, 0) is 13.2 Å². The van der Waals surface area contributed by atoms with Gasteiger partial charge < -0.3 is 18.6 Å². The first-order valence-corrected chi connectivity index (χ1v) is 7.84. The Morgan fingerprint density at radius 2 is 2.00 bits per heavy atom. The lowest BCUT2D eigenvalue weighted by Gasteiger charge is -2.18. The summed E-state index contributed by atoms with van der Waals surface area (Å²) in [7, 11) is 1.72. The molecule has 0 radical (unpaired) electrons. The maximum atomic E-state index is 12.7. The van der Waals surface area contributed by atoms with Crippen molar-refractivity contribution in [1.82, 2.24) is 15.0 Å². The number of nitrogens with zero attached hydrogens (tertiary/aromatic N) is 3. The average molecular weight is 341 g/mol. The minimum absolute atomic E-state index is 0.128. The molecule has 0 aliphatic rings. The summed E-state index contributed by atoms with van der Waals surface area (Å²) in [4.78, 5) is 18.4. The number of carbonyl (C=O) groups excluding carboxylic acids is 1. The Morgan fingerprint density at radius 1 is 1.20 bits per heavy atom. The molecule has 7 nitrogen and oxygen atoms in total. The van der Waals surface area contributed by atoms with Crippen LogP contribution in [0.5, 0.6) is 5.75 Å². The number of aryl methyl sites for hydroxylation is 2. The van der Waals surface area contributed by atoms with Gasteiger partial charge in [-0.05, 0) is 31.2 Å². The minimum Gasteiger partial charge on any atom is -0.485 e. The van der Waals surface area contributed by atoms with Crippen LogP contribution < -0.4 is 4.74 Å². The standard InChI is InChI=1S/C18H19N3O4/c1-12-8-9-14(24-12)10-21(3)18(22)15-6-4-5-7-16(15)23-11-17-19-13(2)25-20-17/h4-9H,10-11H2,1-3H3. The molecule has 0 unspecified atom stereocenters. The predicted molar refractivity (Wildman–Crippen MR) is 89.1 cm³/mol. The van der Waals surface area contributed by atoms with Crippen LogP contribution in [-0.4, -0.2) is 28.0 Å². The number of rotatable bonds is 6. The molecular weight excluding hydrogens is 322 g/mol. The fourth-order valence-corrected chi connectivity index (χ4v) is 2.39. The third-order valence-electron chi connectivity index (χ3n) is 3.58. The molecule has 0 spiro atoms. The summed E-state index contributed by atoms with van der Waals surface area (Å²) in [5.41, 5.74) is 0.466. The lowest BCUT2D eigenvalue weighted by molar-refractivity contribution is 0.0770. The Bertz CT molecular complexity index is 869. The fraction of sp³-hybridized carbons (Fsp3) is 0.278. The van der Waals surface area contributed by atoms with Crippen LogP contribution in [0.2, 0.25) is 0 Å². The summed E-state index contributed by atoms with van der Waals surface area (Å²) in [6, 6.07) is 10.8. The Kier molecular flexibility index (Phi) is 4.83. The van der Waals surface area contributed by atoms with Crippen molar-refractivity contribution in [3.8, 4) is 5.75 Å². The van der Waals surface area contributed by atoms with Gasteiger partial charge in [0.1, 0.15) is 17.3 Å². The van der Waals surface area contributed by atoms with Crippen LogP contribution in [0.1, 0.15) is 33.6 Å². The van der Waals surface area contributed by atoms with E-state index in [1.165, 1.54) is 0 Å². The highest BCUT2D eigenvalue weighted by molar-refractivity contribution is 5.96. The molecule has 25 heavy (non-hydrogen) atoms. The molecule has 0 atom stereocenters. The molecule has 0 aliphatic carbocycles. The maximum Gasteiger partial charge on any atom is 0.257 e. The summed E-state index contributed by atoms with van der Waals surface area (Å²) >= 11 is 0. The number of amides is 1. The number of carbonyl (C=O) groups is 1. The second kappa shape index (κ2) is 7.21. The SMILES string of the molecule is Cc1ccc(CN(C)C(=O)c2ccccc2OCc2noc(C)n2)o1. The molecule has 1 aromatic carbocycles. The third-order valence-corrected chi connectivity index (χ3v) is 3.58. The molecule has 2 aromatic heterocycles. The van der Waals surface area contributed by atoms with Gasteiger partial charge in [-0.3, -0.25) is 4.79 Å². The summed E-state index contributed by atoms with van der Waals surface area (Å²) in [6.45, 7) is 4.08. The summed E-state index contributed by atoms with van der Waals surface area (Å²) in [5, 5.41) is 3.78. The molecule has 3 rings (SSSR count). The number of furan rings is 1. The van der Waals surface area contributed by atoms with Crippen molar-refractivity contribution < 1.29 is 18.5 Å². The topological polar surface area (TPSA) is 81.6 Å². The normalized spacial score (nSPS) is 10.7. The number of benzene rings is 1. The number of ether oxygens (including phenoxy) is 1. The molecule has 1 amide bonds. The second-order valence-corrected chi connectivity index (χ2v) is 5.69. The lowest BCUT2D eigenvalue weighted by atomic mass is 10.1. The Labute approximate surface area is 145 Å². The highest BCUT2D eigenvalue weighted by Crippen LogP contribution is 2.21. The smallest absolute Gasteiger partial charge is 0.257 e. The van der Waals surface area contributed by atoms with Crippen LogP contribution in [0, 0.1) is 13.8 Å². The quantitative estimate of drug-likeness (QED) is 0.685. The zero-order valence-electron chi connectivity index (χ0n) is 14.4. The van der Waals surface area contributed by atoms with Crippen LogP contribution in [0.4, 0.5) is 0 Å². The van der Waals surface area contributed by atoms with E-state index in [1.54, 1.807) is 37.1 Å². The van der Waals surface area contributed by atoms with Crippen LogP contribution >= 0.6 is 0 Å². The summed E-state index contributed by atoms with van der Waals surface area (Å²) in [5.74, 6) is 2.76. The van der Waals surface area contributed by atoms with E-state index in [4.69, 9.17) is 13.7 Å². The monoisotopic (exact) mass is 341 g/mol. The second-order valence-electron chi connectivity index (χ2n) is 5.69. The van der Waals surface area contributed by atoms with Crippen molar-refractivity contribution in [2.24, 2.45) is 0 Å². The Balaban J connectivity index is 1.71. The van der Waals surface area contributed by atoms with E-state index >= 15 is 0 Å². The molecule has 0 aliphatic heterocycles. The van der Waals surface area contributed by atoms with Gasteiger partial charge in [0.2, 0.25) is 11.7 Å². The van der Waals surface area contributed by atoms with Crippen molar-refractivity contribution in [3.63, 3.8) is 0 Å². The maximum absolute atomic E-state index is 12.7. The predicted octanol–water partition coefficient (Wildman–Crippen LogP) is 3.13. The van der Waals surface area contributed by atoms with E-state index in [9.17, 15) is 4.79 Å². The van der Waals surface area contributed by atoms with Gasteiger partial charge in [-0.15, -0.1) is 0 Å². The van der Waals surface area contributed by atoms with Gasteiger partial charge in [0.15, 0.2) is 6.61 Å². The van der Waals surface area contributed by atoms with E-state index in [0.29, 0.717) is 29.6 Å². The molecule has 0 saturated heterocycles. The van der Waals surface area contributed by atoms with Crippen LogP contribution in [0.3, 0.4) is 0 Å². The van der Waals surface area contributed by atoms with Crippen molar-refractivity contribution in [2.75, 3.05) is 7.05 Å². The molecule has 130 valence electrons. The van der Waals surface area contributed by atoms with Crippen molar-refractivity contribution in [1.29, 1.82) is 0 Å². The highest BCUT2D eigenvalue weighted by Gasteiger charge is 2.18. The van der Waals surface area contributed by atoms with Crippen LogP contribution in [0.15, 0.2) is 45.3 Å². The van der Waals surface area contributed by atoms with Gasteiger partial charge in [-0.25, -0.2) is 0 Å². The molecular formula is C18H19N3O4. The minimum atomic E-state index is -0.158. The first-order valence-electron chi connectivity index (χ1n) is 7.84. The number of hydrogen-bond acceptors (Lipinski definition) is 6. The average Bonchev–Trinajstić information content (AvgIpc) is 3.20. The molecule has 7 heteroatoms. The third kappa shape index (κ3) is 4.06. The zero-order chi connectivity index (χ0) is 17.8. The van der Waals surface area contributed by atoms with Crippen LogP contribution in [0.25, 0.3) is 0 Å². The van der Waals surface area contributed by atoms with E-state index < -0.39 is 0 Å². The van der Waals surface area contributed by atoms with Crippen molar-refractivity contribution in [2.45, 2.75) is 27.0 Å². The highest BCUT2D eigenvalue weighted by atomic mass is 16.5. The van der Waals surface area contributed by atoms with E-state index in [-0.39, 0.29) is 12.5 Å². The summed E-state index contributed by atoms with van der Waals surface area (Å²) in [6.07, 6.45) is 0. The molecule has 0 N–H and O–H groups in total. The molecule has 2 heterocycles. The van der Waals surface area contributed by atoms with Crippen molar-refractivity contribution >= 4 is 5.91 Å². The van der Waals surface area contributed by atoms with Gasteiger partial charge in [-0.2, -0.15) is 4.98 Å². The molecule has 0 fully saturated rings. The van der Waals surface area contributed by atoms with E-state index in [2.05, 4.69) is 10.1 Å². The fourth-order valence-electron chi connectivity index (χ4n) is 2.39. The first-order chi connectivity index (χ1) is 12.0. The first kappa shape index (κ1) is 16.8. The molecule has 0 bridgehead atoms. The van der Waals surface area contributed by atoms with E-state index in [0.717, 1.165) is 11.5 Å². The molecule has 3 aromatic rings. The van der Waals surface area contributed by atoms with E-state index in [1.807, 2.05) is 25.1 Å². The number of hydrogen-bond donors (Lipinski definition) is 0. The Hall–Kier alpha value is -3.09. The number of para-hydroxylation sites is 1. The van der Waals surface area contributed by atoms with Crippen molar-refractivity contribution in [3.05, 3.63) is 65.2 Å². The lowest BCUT2D eigenvalue weighted by Crippen LogP contribution is -2.26.